The van der Waals surface area contributed by atoms with E-state index in [1.54, 1.807) is 0 Å². The molecule has 1 rings (SSSR count). The number of hydrogen-bond acceptors (Lipinski definition) is 3. The standard InChI is InChI=1S/C12H23N3O2/c1-9(2)8-15-11(16)5-7-14-12(17)10-4-3-6-13-10/h9-10,13H,3-8H2,1-2H3,(H,14,17)(H,15,16). The van der Waals surface area contributed by atoms with Crippen molar-refractivity contribution in [3.05, 3.63) is 0 Å². The van der Waals surface area contributed by atoms with Gasteiger partial charge in [-0.2, -0.15) is 0 Å². The van der Waals surface area contributed by atoms with E-state index in [1.165, 1.54) is 0 Å². The van der Waals surface area contributed by atoms with Crippen LogP contribution in [0.3, 0.4) is 0 Å². The lowest BCUT2D eigenvalue weighted by molar-refractivity contribution is -0.123. The van der Waals surface area contributed by atoms with Gasteiger partial charge < -0.3 is 16.0 Å². The van der Waals surface area contributed by atoms with Crippen LogP contribution in [0.5, 0.6) is 0 Å². The summed E-state index contributed by atoms with van der Waals surface area (Å²) in [5, 5.41) is 8.72. The molecule has 1 fully saturated rings. The zero-order chi connectivity index (χ0) is 12.7. The Morgan fingerprint density at radius 3 is 2.71 bits per heavy atom. The molecule has 1 unspecified atom stereocenters. The largest absolute Gasteiger partial charge is 0.356 e. The second kappa shape index (κ2) is 7.27. The lowest BCUT2D eigenvalue weighted by Crippen LogP contribution is -2.41. The van der Waals surface area contributed by atoms with Crippen molar-refractivity contribution in [1.82, 2.24) is 16.0 Å². The third-order valence-corrected chi connectivity index (χ3v) is 2.74. The molecule has 98 valence electrons. The van der Waals surface area contributed by atoms with E-state index in [9.17, 15) is 9.59 Å². The lowest BCUT2D eigenvalue weighted by atomic mass is 10.2. The molecule has 1 heterocycles. The molecule has 5 nitrogen and oxygen atoms in total. The van der Waals surface area contributed by atoms with Gasteiger partial charge in [-0.25, -0.2) is 0 Å². The van der Waals surface area contributed by atoms with E-state index in [4.69, 9.17) is 0 Å². The molecule has 0 aromatic heterocycles. The fourth-order valence-electron chi connectivity index (χ4n) is 1.74. The Labute approximate surface area is 103 Å². The summed E-state index contributed by atoms with van der Waals surface area (Å²) in [6.07, 6.45) is 2.30. The third-order valence-electron chi connectivity index (χ3n) is 2.74. The van der Waals surface area contributed by atoms with Crippen LogP contribution in [0.2, 0.25) is 0 Å². The van der Waals surface area contributed by atoms with Gasteiger partial charge in [-0.15, -0.1) is 0 Å². The predicted octanol–water partition coefficient (Wildman–Crippen LogP) is 0.0169. The molecule has 1 atom stereocenters. The number of rotatable bonds is 6. The van der Waals surface area contributed by atoms with Gasteiger partial charge in [0.15, 0.2) is 0 Å². The Balaban J connectivity index is 2.06. The molecular weight excluding hydrogens is 218 g/mol. The van der Waals surface area contributed by atoms with Crippen molar-refractivity contribution >= 4 is 11.8 Å². The van der Waals surface area contributed by atoms with E-state index in [0.717, 1.165) is 19.4 Å². The van der Waals surface area contributed by atoms with Crippen molar-refractivity contribution in [2.24, 2.45) is 5.92 Å². The Bertz CT molecular complexity index is 260. The van der Waals surface area contributed by atoms with Crippen LogP contribution in [0.1, 0.15) is 33.1 Å². The van der Waals surface area contributed by atoms with E-state index in [0.29, 0.717) is 25.4 Å². The minimum absolute atomic E-state index is 0.00150. The van der Waals surface area contributed by atoms with Gasteiger partial charge in [0.05, 0.1) is 6.04 Å². The summed E-state index contributed by atoms with van der Waals surface area (Å²) in [5.74, 6) is 0.466. The van der Waals surface area contributed by atoms with Crippen LogP contribution in [-0.4, -0.2) is 37.5 Å². The van der Waals surface area contributed by atoms with Crippen LogP contribution < -0.4 is 16.0 Å². The van der Waals surface area contributed by atoms with Gasteiger partial charge in [0.1, 0.15) is 0 Å². The van der Waals surface area contributed by atoms with Crippen molar-refractivity contribution in [3.63, 3.8) is 0 Å². The van der Waals surface area contributed by atoms with Crippen molar-refractivity contribution in [3.8, 4) is 0 Å². The maximum absolute atomic E-state index is 11.6. The van der Waals surface area contributed by atoms with Crippen molar-refractivity contribution < 1.29 is 9.59 Å². The Hall–Kier alpha value is -1.10. The third kappa shape index (κ3) is 5.68. The first kappa shape index (κ1) is 14.0. The smallest absolute Gasteiger partial charge is 0.237 e. The topological polar surface area (TPSA) is 70.2 Å². The van der Waals surface area contributed by atoms with Crippen molar-refractivity contribution in [2.75, 3.05) is 19.6 Å². The van der Waals surface area contributed by atoms with Gasteiger partial charge in [-0.05, 0) is 25.3 Å². The van der Waals surface area contributed by atoms with Gasteiger partial charge in [0.2, 0.25) is 11.8 Å². The second-order valence-corrected chi connectivity index (χ2v) is 4.89. The quantitative estimate of drug-likeness (QED) is 0.614. The van der Waals surface area contributed by atoms with E-state index in [-0.39, 0.29) is 17.9 Å². The van der Waals surface area contributed by atoms with E-state index in [2.05, 4.69) is 16.0 Å². The number of amides is 2. The molecule has 0 radical (unpaired) electrons. The average Bonchev–Trinajstić information content (AvgIpc) is 2.79. The average molecular weight is 241 g/mol. The molecule has 0 aromatic carbocycles. The fraction of sp³-hybridized carbons (Fsp3) is 0.833. The van der Waals surface area contributed by atoms with Gasteiger partial charge in [-0.3, -0.25) is 9.59 Å². The molecule has 0 bridgehead atoms. The first-order valence-corrected chi connectivity index (χ1v) is 6.37. The van der Waals surface area contributed by atoms with Crippen molar-refractivity contribution in [2.45, 2.75) is 39.2 Å². The number of carbonyl (C=O) groups excluding carboxylic acids is 2. The van der Waals surface area contributed by atoms with Crippen LogP contribution in [0, 0.1) is 5.92 Å². The van der Waals surface area contributed by atoms with E-state index < -0.39 is 0 Å². The molecule has 2 amide bonds. The van der Waals surface area contributed by atoms with Crippen molar-refractivity contribution in [1.29, 1.82) is 0 Å². The van der Waals surface area contributed by atoms with Crippen LogP contribution in [0.15, 0.2) is 0 Å². The highest BCUT2D eigenvalue weighted by atomic mass is 16.2. The summed E-state index contributed by atoms with van der Waals surface area (Å²) in [7, 11) is 0. The minimum Gasteiger partial charge on any atom is -0.356 e. The van der Waals surface area contributed by atoms with E-state index in [1.807, 2.05) is 13.8 Å². The number of carbonyl (C=O) groups is 2. The summed E-state index contributed by atoms with van der Waals surface area (Å²) in [5.41, 5.74) is 0. The summed E-state index contributed by atoms with van der Waals surface area (Å²) >= 11 is 0. The lowest BCUT2D eigenvalue weighted by Gasteiger charge is -2.11. The normalized spacial score (nSPS) is 19.4. The molecule has 0 aliphatic carbocycles. The predicted molar refractivity (Wildman–Crippen MR) is 66.5 cm³/mol. The Morgan fingerprint density at radius 2 is 2.12 bits per heavy atom. The summed E-state index contributed by atoms with van der Waals surface area (Å²) in [4.78, 5) is 23.0. The highest BCUT2D eigenvalue weighted by molar-refractivity contribution is 5.83. The maximum atomic E-state index is 11.6. The molecular formula is C12H23N3O2. The molecule has 0 saturated carbocycles. The molecule has 1 aliphatic heterocycles. The first-order valence-electron chi connectivity index (χ1n) is 6.37. The minimum atomic E-state index is -0.0614. The van der Waals surface area contributed by atoms with Gasteiger partial charge in [0.25, 0.3) is 0 Å². The van der Waals surface area contributed by atoms with Crippen LogP contribution >= 0.6 is 0 Å². The van der Waals surface area contributed by atoms with Crippen LogP contribution in [0.4, 0.5) is 0 Å². The molecule has 0 aromatic rings. The highest BCUT2D eigenvalue weighted by Crippen LogP contribution is 2.04. The molecule has 1 saturated heterocycles. The Morgan fingerprint density at radius 1 is 1.35 bits per heavy atom. The summed E-state index contributed by atoms with van der Waals surface area (Å²) < 4.78 is 0. The van der Waals surface area contributed by atoms with Gasteiger partial charge >= 0.3 is 0 Å². The molecule has 3 N–H and O–H groups in total. The monoisotopic (exact) mass is 241 g/mol. The molecule has 17 heavy (non-hydrogen) atoms. The summed E-state index contributed by atoms with van der Waals surface area (Å²) in [6.45, 7) is 6.12. The zero-order valence-electron chi connectivity index (χ0n) is 10.7. The maximum Gasteiger partial charge on any atom is 0.237 e. The first-order chi connectivity index (χ1) is 8.09. The molecule has 0 spiro atoms. The second-order valence-electron chi connectivity index (χ2n) is 4.89. The SMILES string of the molecule is CC(C)CNC(=O)CCNC(=O)C1CCCN1. The molecule has 1 aliphatic rings. The van der Waals surface area contributed by atoms with Gasteiger partial charge in [0, 0.05) is 19.5 Å². The zero-order valence-corrected chi connectivity index (χ0v) is 10.7. The Kier molecular flexibility index (Phi) is 5.97. The number of nitrogens with one attached hydrogen (secondary N) is 3. The molecule has 5 heteroatoms. The van der Waals surface area contributed by atoms with E-state index >= 15 is 0 Å². The van der Waals surface area contributed by atoms with Crippen LogP contribution in [-0.2, 0) is 9.59 Å². The fourth-order valence-corrected chi connectivity index (χ4v) is 1.74. The summed E-state index contributed by atoms with van der Waals surface area (Å²) in [6, 6.07) is -0.0614. The highest BCUT2D eigenvalue weighted by Gasteiger charge is 2.21. The van der Waals surface area contributed by atoms with Crippen LogP contribution in [0.25, 0.3) is 0 Å². The number of hydrogen-bond donors (Lipinski definition) is 3. The van der Waals surface area contributed by atoms with Gasteiger partial charge in [-0.1, -0.05) is 13.8 Å².